The molecule has 0 amide bonds. The SMILES string of the molecule is O=C(O)CC/C(=N\O)c1ccc(-c2cc(F)sn2)cc1. The van der Waals surface area contributed by atoms with Gasteiger partial charge in [-0.15, -0.1) is 0 Å². The normalized spacial score (nSPS) is 11.6. The summed E-state index contributed by atoms with van der Waals surface area (Å²) in [5.41, 5.74) is 2.19. The van der Waals surface area contributed by atoms with Gasteiger partial charge in [0.15, 0.2) is 5.13 Å². The quantitative estimate of drug-likeness (QED) is 0.504. The van der Waals surface area contributed by atoms with Crippen molar-refractivity contribution in [1.29, 1.82) is 0 Å². The Morgan fingerprint density at radius 3 is 2.50 bits per heavy atom. The van der Waals surface area contributed by atoms with Gasteiger partial charge < -0.3 is 10.3 Å². The van der Waals surface area contributed by atoms with Crippen LogP contribution in [-0.4, -0.2) is 26.4 Å². The van der Waals surface area contributed by atoms with Gasteiger partial charge in [-0.25, -0.2) is 0 Å². The van der Waals surface area contributed by atoms with Crippen molar-refractivity contribution in [1.82, 2.24) is 4.37 Å². The molecular formula is C13H11FN2O3S. The van der Waals surface area contributed by atoms with Crippen molar-refractivity contribution in [3.05, 3.63) is 41.0 Å². The number of nitrogens with zero attached hydrogens (tertiary/aromatic N) is 2. The van der Waals surface area contributed by atoms with E-state index in [1.165, 1.54) is 6.07 Å². The van der Waals surface area contributed by atoms with Gasteiger partial charge in [0.05, 0.1) is 17.8 Å². The standard InChI is InChI=1S/C13H11FN2O3S/c14-12-7-11(16-20-12)9-3-1-8(2-4-9)10(15-19)5-6-13(17)18/h1-4,7,19H,5-6H2,(H,17,18)/b15-10+. The average Bonchev–Trinajstić information content (AvgIpc) is 2.86. The van der Waals surface area contributed by atoms with Crippen LogP contribution in [0.4, 0.5) is 4.39 Å². The maximum atomic E-state index is 12.9. The fourth-order valence-electron chi connectivity index (χ4n) is 1.70. The molecule has 0 unspecified atom stereocenters. The molecule has 2 rings (SSSR count). The number of hydrogen-bond acceptors (Lipinski definition) is 5. The van der Waals surface area contributed by atoms with Crippen molar-refractivity contribution in [2.45, 2.75) is 12.8 Å². The Bertz CT molecular complexity index is 637. The number of hydrogen-bond donors (Lipinski definition) is 2. The Morgan fingerprint density at radius 2 is 2.00 bits per heavy atom. The van der Waals surface area contributed by atoms with Gasteiger partial charge >= 0.3 is 5.97 Å². The zero-order chi connectivity index (χ0) is 14.5. The van der Waals surface area contributed by atoms with Crippen LogP contribution in [0.2, 0.25) is 0 Å². The van der Waals surface area contributed by atoms with Crippen molar-refractivity contribution in [3.63, 3.8) is 0 Å². The van der Waals surface area contributed by atoms with Crippen LogP contribution in [0.5, 0.6) is 0 Å². The second kappa shape index (κ2) is 6.25. The average molecular weight is 294 g/mol. The van der Waals surface area contributed by atoms with Crippen molar-refractivity contribution in [2.24, 2.45) is 5.16 Å². The summed E-state index contributed by atoms with van der Waals surface area (Å²) < 4.78 is 16.8. The first-order valence-corrected chi connectivity index (χ1v) is 6.53. The molecule has 0 spiro atoms. The minimum absolute atomic E-state index is 0.113. The maximum Gasteiger partial charge on any atom is 0.303 e. The van der Waals surface area contributed by atoms with Gasteiger partial charge in [0, 0.05) is 18.1 Å². The highest BCUT2D eigenvalue weighted by atomic mass is 32.1. The van der Waals surface area contributed by atoms with Crippen LogP contribution < -0.4 is 0 Å². The first kappa shape index (κ1) is 14.1. The Hall–Kier alpha value is -2.28. The molecule has 7 heteroatoms. The topological polar surface area (TPSA) is 82.8 Å². The number of carboxylic acid groups (broad SMARTS) is 1. The number of halogens is 1. The molecule has 5 nitrogen and oxygen atoms in total. The molecule has 0 fully saturated rings. The highest BCUT2D eigenvalue weighted by Gasteiger charge is 2.09. The Balaban J connectivity index is 2.16. The van der Waals surface area contributed by atoms with E-state index in [2.05, 4.69) is 9.53 Å². The van der Waals surface area contributed by atoms with Crippen molar-refractivity contribution in [2.75, 3.05) is 0 Å². The predicted molar refractivity (Wildman–Crippen MR) is 72.7 cm³/mol. The maximum absolute atomic E-state index is 12.9. The number of rotatable bonds is 5. The molecule has 1 aromatic carbocycles. The van der Waals surface area contributed by atoms with E-state index in [4.69, 9.17) is 10.3 Å². The third-order valence-electron chi connectivity index (χ3n) is 2.69. The van der Waals surface area contributed by atoms with Gasteiger partial charge in [0.1, 0.15) is 0 Å². The van der Waals surface area contributed by atoms with Crippen LogP contribution in [0.25, 0.3) is 11.3 Å². The molecule has 0 saturated heterocycles. The van der Waals surface area contributed by atoms with Gasteiger partial charge in [-0.05, 0) is 17.1 Å². The summed E-state index contributed by atoms with van der Waals surface area (Å²) in [4.78, 5) is 10.5. The van der Waals surface area contributed by atoms with E-state index in [0.717, 1.165) is 17.1 Å². The second-order valence-electron chi connectivity index (χ2n) is 4.03. The van der Waals surface area contributed by atoms with Crippen LogP contribution in [0, 0.1) is 5.13 Å². The van der Waals surface area contributed by atoms with E-state index >= 15 is 0 Å². The molecule has 2 N–H and O–H groups in total. The number of aliphatic carboxylic acids is 1. The molecule has 0 aliphatic heterocycles. The minimum atomic E-state index is -0.958. The Kier molecular flexibility index (Phi) is 4.41. The number of oxime groups is 1. The fourth-order valence-corrected chi connectivity index (χ4v) is 2.21. The molecule has 1 heterocycles. The second-order valence-corrected chi connectivity index (χ2v) is 4.79. The molecule has 0 radical (unpaired) electrons. The summed E-state index contributed by atoms with van der Waals surface area (Å²) in [6, 6.07) is 8.14. The lowest BCUT2D eigenvalue weighted by Crippen LogP contribution is -2.05. The number of benzene rings is 1. The predicted octanol–water partition coefficient (Wildman–Crippen LogP) is 2.99. The van der Waals surface area contributed by atoms with E-state index in [1.54, 1.807) is 24.3 Å². The smallest absolute Gasteiger partial charge is 0.303 e. The number of carbonyl (C=O) groups is 1. The lowest BCUT2D eigenvalue weighted by molar-refractivity contribution is -0.136. The summed E-state index contributed by atoms with van der Waals surface area (Å²) >= 11 is 0.780. The molecule has 2 aromatic rings. The lowest BCUT2D eigenvalue weighted by Gasteiger charge is -2.04. The van der Waals surface area contributed by atoms with Gasteiger partial charge in [-0.2, -0.15) is 8.76 Å². The molecule has 104 valence electrons. The summed E-state index contributed by atoms with van der Waals surface area (Å²) in [6.45, 7) is 0. The van der Waals surface area contributed by atoms with E-state index in [9.17, 15) is 9.18 Å². The van der Waals surface area contributed by atoms with Crippen molar-refractivity contribution in [3.8, 4) is 11.3 Å². The number of aromatic nitrogens is 1. The zero-order valence-corrected chi connectivity index (χ0v) is 11.1. The molecule has 0 aliphatic rings. The van der Waals surface area contributed by atoms with Gasteiger partial charge in [-0.3, -0.25) is 4.79 Å². The minimum Gasteiger partial charge on any atom is -0.481 e. The third kappa shape index (κ3) is 3.39. The molecular weight excluding hydrogens is 283 g/mol. The first-order valence-electron chi connectivity index (χ1n) is 5.76. The van der Waals surface area contributed by atoms with E-state index < -0.39 is 5.97 Å². The molecule has 0 bridgehead atoms. The highest BCUT2D eigenvalue weighted by molar-refractivity contribution is 7.04. The Labute approximate surface area is 118 Å². The van der Waals surface area contributed by atoms with Gasteiger partial charge in [0.25, 0.3) is 0 Å². The number of carboxylic acids is 1. The van der Waals surface area contributed by atoms with Crippen LogP contribution in [0.1, 0.15) is 18.4 Å². The Morgan fingerprint density at radius 1 is 1.30 bits per heavy atom. The molecule has 20 heavy (non-hydrogen) atoms. The van der Waals surface area contributed by atoms with Gasteiger partial charge in [-0.1, -0.05) is 29.4 Å². The zero-order valence-electron chi connectivity index (χ0n) is 10.3. The van der Waals surface area contributed by atoms with Crippen LogP contribution >= 0.6 is 11.5 Å². The summed E-state index contributed by atoms with van der Waals surface area (Å²) in [6.07, 6.45) is 0.0228. The van der Waals surface area contributed by atoms with Crippen molar-refractivity contribution >= 4 is 23.2 Å². The summed E-state index contributed by atoms with van der Waals surface area (Å²) in [5.74, 6) is -0.958. The van der Waals surface area contributed by atoms with Crippen LogP contribution in [-0.2, 0) is 4.79 Å². The molecule has 0 saturated carbocycles. The van der Waals surface area contributed by atoms with E-state index in [-0.39, 0.29) is 18.0 Å². The summed E-state index contributed by atoms with van der Waals surface area (Å²) in [5, 5.41) is 20.3. The highest BCUT2D eigenvalue weighted by Crippen LogP contribution is 2.22. The molecule has 0 aliphatic carbocycles. The first-order chi connectivity index (χ1) is 9.60. The van der Waals surface area contributed by atoms with Crippen LogP contribution in [0.15, 0.2) is 35.5 Å². The summed E-state index contributed by atoms with van der Waals surface area (Å²) in [7, 11) is 0. The van der Waals surface area contributed by atoms with Gasteiger partial charge in [0.2, 0.25) is 0 Å². The third-order valence-corrected chi connectivity index (χ3v) is 3.27. The van der Waals surface area contributed by atoms with Crippen molar-refractivity contribution < 1.29 is 19.5 Å². The fraction of sp³-hybridized carbons (Fsp3) is 0.154. The van der Waals surface area contributed by atoms with E-state index in [1.807, 2.05) is 0 Å². The monoisotopic (exact) mass is 294 g/mol. The largest absolute Gasteiger partial charge is 0.481 e. The molecule has 1 aromatic heterocycles. The lowest BCUT2D eigenvalue weighted by atomic mass is 10.0. The van der Waals surface area contributed by atoms with Crippen LogP contribution in [0.3, 0.4) is 0 Å². The molecule has 0 atom stereocenters. The van der Waals surface area contributed by atoms with E-state index in [0.29, 0.717) is 17.0 Å².